The number of aliphatic imine (C=N–C) groups is 1. The number of hydrogen-bond acceptors (Lipinski definition) is 4. The van der Waals surface area contributed by atoms with Crippen molar-refractivity contribution in [3.8, 4) is 17.7 Å². The molecule has 2 N–H and O–H groups in total. The Kier molecular flexibility index (Phi) is 4.20. The molecule has 0 aromatic heterocycles. The second-order valence-corrected chi connectivity index (χ2v) is 4.08. The zero-order valence-electron chi connectivity index (χ0n) is 10.9. The lowest BCUT2D eigenvalue weighted by Gasteiger charge is -2.11. The monoisotopic (exact) mass is 267 g/mol. The number of aryl methyl sites for hydroxylation is 1. The lowest BCUT2D eigenvalue weighted by molar-refractivity contribution is 0.476. The Bertz CT molecular complexity index is 661. The number of rotatable bonds is 2. The summed E-state index contributed by atoms with van der Waals surface area (Å²) in [6.07, 6.45) is 1.66. The third-order valence-corrected chi connectivity index (χ3v) is 2.50. The maximum Gasteiger partial charge on any atom is 0.310 e. The predicted molar refractivity (Wildman–Crippen MR) is 76.6 cm³/mol. The maximum absolute atomic E-state index is 9.76. The number of nitriles is 1. The van der Waals surface area contributed by atoms with Gasteiger partial charge in [-0.25, -0.2) is 0 Å². The lowest BCUT2D eigenvalue weighted by atomic mass is 10.2. The van der Waals surface area contributed by atoms with Crippen molar-refractivity contribution >= 4 is 11.7 Å². The van der Waals surface area contributed by atoms with E-state index in [0.29, 0.717) is 11.4 Å². The van der Waals surface area contributed by atoms with Gasteiger partial charge < -0.3 is 15.2 Å². The number of aromatic hydroxyl groups is 1. The highest BCUT2D eigenvalue weighted by molar-refractivity contribution is 5.92. The number of nitrogens with one attached hydrogen (secondary N) is 1. The van der Waals surface area contributed by atoms with E-state index in [-0.39, 0.29) is 11.8 Å². The van der Waals surface area contributed by atoms with E-state index >= 15 is 0 Å². The molecule has 0 fully saturated rings. The number of para-hydroxylation sites is 1. The van der Waals surface area contributed by atoms with Crippen molar-refractivity contribution in [1.29, 1.82) is 5.26 Å². The summed E-state index contributed by atoms with van der Waals surface area (Å²) in [5, 5.41) is 21.3. The molecule has 0 bridgehead atoms. The van der Waals surface area contributed by atoms with Crippen LogP contribution in [0.5, 0.6) is 11.5 Å². The van der Waals surface area contributed by atoms with Crippen molar-refractivity contribution in [2.75, 3.05) is 5.32 Å². The number of nitrogens with zero attached hydrogens (tertiary/aromatic N) is 2. The molecule has 0 spiro atoms. The van der Waals surface area contributed by atoms with E-state index < -0.39 is 0 Å². The molecule has 100 valence electrons. The highest BCUT2D eigenvalue weighted by atomic mass is 16.5. The zero-order chi connectivity index (χ0) is 14.4. The van der Waals surface area contributed by atoms with Gasteiger partial charge in [-0.3, -0.25) is 0 Å². The molecular formula is C15H13N3O2. The second kappa shape index (κ2) is 6.25. The minimum atomic E-state index is -0.000370. The number of amidine groups is 1. The van der Waals surface area contributed by atoms with E-state index in [1.54, 1.807) is 36.5 Å². The fraction of sp³-hybridized carbons (Fsp3) is 0.0667. The number of benzene rings is 2. The van der Waals surface area contributed by atoms with Gasteiger partial charge >= 0.3 is 6.02 Å². The molecule has 0 unspecified atom stereocenters. The van der Waals surface area contributed by atoms with Crippen molar-refractivity contribution < 1.29 is 9.84 Å². The normalized spacial score (nSPS) is 10.7. The molecule has 0 radical (unpaired) electrons. The number of phenolic OH excluding ortho intramolecular Hbond substituents is 1. The smallest absolute Gasteiger partial charge is 0.310 e. The van der Waals surface area contributed by atoms with Crippen molar-refractivity contribution in [3.63, 3.8) is 0 Å². The summed E-state index contributed by atoms with van der Waals surface area (Å²) in [5.74, 6) is 0.596. The van der Waals surface area contributed by atoms with Gasteiger partial charge in [-0.05, 0) is 36.8 Å². The summed E-state index contributed by atoms with van der Waals surface area (Å²) in [7, 11) is 0. The number of ether oxygens (including phenoxy) is 1. The molecule has 20 heavy (non-hydrogen) atoms. The van der Waals surface area contributed by atoms with Crippen molar-refractivity contribution in [2.24, 2.45) is 4.99 Å². The molecule has 0 amide bonds. The topological polar surface area (TPSA) is 77.6 Å². The average molecular weight is 267 g/mol. The van der Waals surface area contributed by atoms with Crippen LogP contribution in [0.2, 0.25) is 0 Å². The van der Waals surface area contributed by atoms with Crippen LogP contribution in [0.15, 0.2) is 53.5 Å². The summed E-state index contributed by atoms with van der Waals surface area (Å²) in [4.78, 5) is 3.56. The van der Waals surface area contributed by atoms with Gasteiger partial charge in [0.05, 0.1) is 5.69 Å². The molecule has 0 aliphatic rings. The Morgan fingerprint density at radius 2 is 2.00 bits per heavy atom. The molecule has 0 saturated carbocycles. The first-order chi connectivity index (χ1) is 9.69. The van der Waals surface area contributed by atoms with Crippen LogP contribution in [0.1, 0.15) is 5.56 Å². The summed E-state index contributed by atoms with van der Waals surface area (Å²) >= 11 is 0. The summed E-state index contributed by atoms with van der Waals surface area (Å²) < 4.78 is 5.46. The Morgan fingerprint density at radius 3 is 2.70 bits per heavy atom. The molecule has 5 heteroatoms. The SMILES string of the molecule is Cc1ccc(O)c(N/C(=N/C#N)Oc2ccccc2)c1. The minimum absolute atomic E-state index is 0.000370. The molecule has 0 atom stereocenters. The van der Waals surface area contributed by atoms with Crippen LogP contribution < -0.4 is 10.1 Å². The highest BCUT2D eigenvalue weighted by Gasteiger charge is 2.07. The third kappa shape index (κ3) is 3.50. The Labute approximate surface area is 116 Å². The summed E-state index contributed by atoms with van der Waals surface area (Å²) in [6.45, 7) is 1.89. The molecule has 0 saturated heterocycles. The minimum Gasteiger partial charge on any atom is -0.506 e. The number of anilines is 1. The number of hydrogen-bond donors (Lipinski definition) is 2. The Morgan fingerprint density at radius 1 is 1.25 bits per heavy atom. The van der Waals surface area contributed by atoms with E-state index in [9.17, 15) is 5.11 Å². The largest absolute Gasteiger partial charge is 0.506 e. The molecule has 2 rings (SSSR count). The van der Waals surface area contributed by atoms with E-state index in [1.165, 1.54) is 0 Å². The molecule has 5 nitrogen and oxygen atoms in total. The third-order valence-electron chi connectivity index (χ3n) is 2.50. The zero-order valence-corrected chi connectivity index (χ0v) is 10.9. The van der Waals surface area contributed by atoms with Crippen LogP contribution in [-0.2, 0) is 0 Å². The quantitative estimate of drug-likeness (QED) is 0.379. The van der Waals surface area contributed by atoms with E-state index in [1.807, 2.05) is 25.1 Å². The molecular weight excluding hydrogens is 254 g/mol. The average Bonchev–Trinajstić information content (AvgIpc) is 2.44. The van der Waals surface area contributed by atoms with Crippen LogP contribution in [0, 0.1) is 18.4 Å². The molecule has 0 aliphatic heterocycles. The van der Waals surface area contributed by atoms with E-state index in [0.717, 1.165) is 5.56 Å². The highest BCUT2D eigenvalue weighted by Crippen LogP contribution is 2.24. The number of phenols is 1. The Hall–Kier alpha value is -3.00. The lowest BCUT2D eigenvalue weighted by Crippen LogP contribution is -2.19. The molecule has 0 heterocycles. The van der Waals surface area contributed by atoms with E-state index in [2.05, 4.69) is 10.3 Å². The van der Waals surface area contributed by atoms with Gasteiger partial charge in [-0.15, -0.1) is 4.99 Å². The van der Waals surface area contributed by atoms with Gasteiger partial charge in [-0.1, -0.05) is 24.3 Å². The first kappa shape index (κ1) is 13.4. The predicted octanol–water partition coefficient (Wildman–Crippen LogP) is 3.03. The fourth-order valence-corrected chi connectivity index (χ4v) is 1.59. The maximum atomic E-state index is 9.76. The van der Waals surface area contributed by atoms with Crippen LogP contribution in [0.25, 0.3) is 0 Å². The summed E-state index contributed by atoms with van der Waals surface area (Å²) in [5.41, 5.74) is 1.39. The first-order valence-corrected chi connectivity index (χ1v) is 5.95. The standard InChI is InChI=1S/C15H13N3O2/c1-11-7-8-14(19)13(9-11)18-15(17-10-16)20-12-5-3-2-4-6-12/h2-9,19H,1H3,(H,17,18). The van der Waals surface area contributed by atoms with Gasteiger partial charge in [0.15, 0.2) is 0 Å². The molecule has 0 aliphatic carbocycles. The van der Waals surface area contributed by atoms with Gasteiger partial charge in [0.1, 0.15) is 11.5 Å². The van der Waals surface area contributed by atoms with Crippen molar-refractivity contribution in [1.82, 2.24) is 0 Å². The second-order valence-electron chi connectivity index (χ2n) is 4.08. The molecule has 2 aromatic rings. The van der Waals surface area contributed by atoms with E-state index in [4.69, 9.17) is 10.00 Å². The van der Waals surface area contributed by atoms with Gasteiger partial charge in [0, 0.05) is 0 Å². The van der Waals surface area contributed by atoms with Crippen LogP contribution in [0.4, 0.5) is 5.69 Å². The van der Waals surface area contributed by atoms with Crippen LogP contribution in [0.3, 0.4) is 0 Å². The van der Waals surface area contributed by atoms with Gasteiger partial charge in [0.2, 0.25) is 6.19 Å². The van der Waals surface area contributed by atoms with Crippen molar-refractivity contribution in [2.45, 2.75) is 6.92 Å². The summed E-state index contributed by atoms with van der Waals surface area (Å²) in [6, 6.07) is 14.0. The fourth-order valence-electron chi connectivity index (χ4n) is 1.59. The molecule has 2 aromatic carbocycles. The van der Waals surface area contributed by atoms with Gasteiger partial charge in [-0.2, -0.15) is 5.26 Å². The van der Waals surface area contributed by atoms with Crippen LogP contribution >= 0.6 is 0 Å². The first-order valence-electron chi connectivity index (χ1n) is 5.95. The van der Waals surface area contributed by atoms with Crippen molar-refractivity contribution in [3.05, 3.63) is 54.1 Å². The van der Waals surface area contributed by atoms with Crippen LogP contribution in [-0.4, -0.2) is 11.1 Å². The Balaban J connectivity index is 2.21. The van der Waals surface area contributed by atoms with Gasteiger partial charge in [0.25, 0.3) is 0 Å².